The van der Waals surface area contributed by atoms with Gasteiger partial charge < -0.3 is 14.2 Å². The molecule has 0 fully saturated rings. The van der Waals surface area contributed by atoms with Gasteiger partial charge in [0.05, 0.1) is 33.0 Å². The number of esters is 1. The molecule has 228 valence electrons. The lowest BCUT2D eigenvalue weighted by Gasteiger charge is -2.26. The number of hydrogen-bond donors (Lipinski definition) is 0. The first-order chi connectivity index (χ1) is 21.1. The van der Waals surface area contributed by atoms with Crippen LogP contribution in [0.1, 0.15) is 50.4 Å². The van der Waals surface area contributed by atoms with Crippen molar-refractivity contribution in [3.63, 3.8) is 0 Å². The molecule has 5 rings (SSSR count). The maximum absolute atomic E-state index is 14.3. The normalized spacial score (nSPS) is 14.8. The van der Waals surface area contributed by atoms with Gasteiger partial charge in [0.1, 0.15) is 24.1 Å². The first kappa shape index (κ1) is 32.2. The zero-order valence-corrected chi connectivity index (χ0v) is 29.1. The van der Waals surface area contributed by atoms with Gasteiger partial charge in [-0.25, -0.2) is 9.79 Å². The lowest BCUT2D eigenvalue weighted by atomic mass is 9.95. The number of carbonyl (C=O) groups excluding carboxylic acids is 1. The molecule has 1 aromatic heterocycles. The molecule has 2 heterocycles. The number of ether oxygens (including phenoxy) is 3. The van der Waals surface area contributed by atoms with Crippen LogP contribution in [0.4, 0.5) is 0 Å². The minimum Gasteiger partial charge on any atom is -0.491 e. The van der Waals surface area contributed by atoms with Crippen molar-refractivity contribution in [2.75, 3.05) is 6.61 Å². The van der Waals surface area contributed by atoms with E-state index < -0.39 is 12.0 Å². The van der Waals surface area contributed by atoms with Crippen LogP contribution < -0.4 is 24.4 Å². The predicted octanol–water partition coefficient (Wildman–Crippen LogP) is 7.34. The maximum Gasteiger partial charge on any atom is 0.338 e. The van der Waals surface area contributed by atoms with Crippen LogP contribution in [0.2, 0.25) is 5.02 Å². The summed E-state index contributed by atoms with van der Waals surface area (Å²) in [5.74, 6) is 0.623. The molecule has 0 radical (unpaired) electrons. The van der Waals surface area contributed by atoms with Gasteiger partial charge in [0.15, 0.2) is 4.80 Å². The predicted molar refractivity (Wildman–Crippen MR) is 180 cm³/mol. The number of nitrogens with zero attached hydrogens (tertiary/aromatic N) is 2. The molecule has 0 saturated heterocycles. The van der Waals surface area contributed by atoms with Crippen molar-refractivity contribution < 1.29 is 19.0 Å². The quantitative estimate of drug-likeness (QED) is 0.167. The van der Waals surface area contributed by atoms with Crippen LogP contribution in [-0.4, -0.2) is 23.2 Å². The number of hydrogen-bond acceptors (Lipinski definition) is 7. The zero-order chi connectivity index (χ0) is 31.5. The standard InChI is InChI=1S/C33H29Br2ClN2O5S/c1-5-41-32(40)28-19(4)37-33-38(29(28)24-8-6-7-9-26(24)43-18(2)3)31(39)27(44-33)15-21-14-22(34)16-25(35)30(21)42-17-20-10-12-23(36)13-11-20/h6-16,18,29H,5,17H2,1-4H3/b27-15-/t29-/m1/s1. The summed E-state index contributed by atoms with van der Waals surface area (Å²) in [7, 11) is 0. The molecule has 1 atom stereocenters. The van der Waals surface area contributed by atoms with Crippen LogP contribution in [0.15, 0.2) is 90.7 Å². The average Bonchev–Trinajstić information content (AvgIpc) is 3.26. The van der Waals surface area contributed by atoms with E-state index in [1.807, 2.05) is 74.5 Å². The Hall–Kier alpha value is -3.18. The van der Waals surface area contributed by atoms with E-state index in [0.717, 1.165) is 14.5 Å². The third kappa shape index (κ3) is 6.88. The van der Waals surface area contributed by atoms with Gasteiger partial charge >= 0.3 is 5.97 Å². The number of thiazole rings is 1. The number of halogens is 3. The molecule has 7 nitrogen and oxygen atoms in total. The van der Waals surface area contributed by atoms with Crippen molar-refractivity contribution in [2.24, 2.45) is 4.99 Å². The molecule has 0 unspecified atom stereocenters. The number of benzene rings is 3. The van der Waals surface area contributed by atoms with Crippen LogP contribution in [0.3, 0.4) is 0 Å². The van der Waals surface area contributed by atoms with E-state index in [-0.39, 0.29) is 18.3 Å². The second-order valence-electron chi connectivity index (χ2n) is 10.2. The van der Waals surface area contributed by atoms with Gasteiger partial charge in [-0.1, -0.05) is 69.2 Å². The second kappa shape index (κ2) is 13.9. The van der Waals surface area contributed by atoms with Crippen LogP contribution in [-0.2, 0) is 16.1 Å². The van der Waals surface area contributed by atoms with Crippen molar-refractivity contribution in [1.29, 1.82) is 0 Å². The number of rotatable bonds is 9. The minimum atomic E-state index is -0.794. The van der Waals surface area contributed by atoms with E-state index in [4.69, 9.17) is 30.8 Å². The molecule has 0 N–H and O–H groups in total. The highest BCUT2D eigenvalue weighted by Crippen LogP contribution is 2.37. The highest BCUT2D eigenvalue weighted by Gasteiger charge is 2.35. The summed E-state index contributed by atoms with van der Waals surface area (Å²) >= 11 is 14.5. The number of aromatic nitrogens is 1. The molecule has 0 saturated carbocycles. The monoisotopic (exact) mass is 758 g/mol. The molecule has 1 aliphatic heterocycles. The third-order valence-electron chi connectivity index (χ3n) is 6.71. The van der Waals surface area contributed by atoms with Gasteiger partial charge in [0.25, 0.3) is 5.56 Å². The molecule has 44 heavy (non-hydrogen) atoms. The summed E-state index contributed by atoms with van der Waals surface area (Å²) in [5, 5.41) is 0.646. The van der Waals surface area contributed by atoms with Gasteiger partial charge in [-0.05, 0) is 85.6 Å². The Balaban J connectivity index is 1.67. The topological polar surface area (TPSA) is 79.1 Å². The SMILES string of the molecule is CCOC(=O)C1=C(C)N=c2s/c(=C\c3cc(Br)cc(Br)c3OCc3ccc(Cl)cc3)c(=O)n2[C@@H]1c1ccccc1OC(C)C. The Bertz CT molecular complexity index is 1930. The maximum atomic E-state index is 14.3. The second-order valence-corrected chi connectivity index (χ2v) is 13.4. The lowest BCUT2D eigenvalue weighted by molar-refractivity contribution is -0.139. The van der Waals surface area contributed by atoms with E-state index >= 15 is 0 Å². The Morgan fingerprint density at radius 3 is 2.57 bits per heavy atom. The van der Waals surface area contributed by atoms with Crippen LogP contribution in [0.5, 0.6) is 11.5 Å². The fourth-order valence-electron chi connectivity index (χ4n) is 4.87. The molecular formula is C33H29Br2ClN2O5S. The molecule has 0 amide bonds. The first-order valence-electron chi connectivity index (χ1n) is 13.9. The fraction of sp³-hybridized carbons (Fsp3) is 0.242. The lowest BCUT2D eigenvalue weighted by Crippen LogP contribution is -2.40. The van der Waals surface area contributed by atoms with Crippen molar-refractivity contribution >= 4 is 66.8 Å². The van der Waals surface area contributed by atoms with E-state index in [1.54, 1.807) is 24.5 Å². The van der Waals surface area contributed by atoms with Crippen molar-refractivity contribution in [3.8, 4) is 11.5 Å². The molecule has 11 heteroatoms. The van der Waals surface area contributed by atoms with E-state index in [2.05, 4.69) is 31.9 Å². The summed E-state index contributed by atoms with van der Waals surface area (Å²) in [6.07, 6.45) is 1.66. The van der Waals surface area contributed by atoms with Crippen LogP contribution in [0, 0.1) is 0 Å². The fourth-order valence-corrected chi connectivity index (χ4v) is 7.41. The molecule has 0 bridgehead atoms. The molecule has 0 spiro atoms. The zero-order valence-electron chi connectivity index (χ0n) is 24.4. The van der Waals surface area contributed by atoms with Crippen LogP contribution in [0.25, 0.3) is 6.08 Å². The van der Waals surface area contributed by atoms with Crippen molar-refractivity contribution in [3.05, 3.63) is 122 Å². The number of para-hydroxylation sites is 1. The average molecular weight is 761 g/mol. The highest BCUT2D eigenvalue weighted by molar-refractivity contribution is 9.11. The Morgan fingerprint density at radius 2 is 1.86 bits per heavy atom. The number of carbonyl (C=O) groups is 1. The summed E-state index contributed by atoms with van der Waals surface area (Å²) in [4.78, 5) is 32.8. The molecule has 3 aromatic carbocycles. The third-order valence-corrected chi connectivity index (χ3v) is 9.00. The van der Waals surface area contributed by atoms with Gasteiger partial charge in [-0.3, -0.25) is 9.36 Å². The molecule has 0 aliphatic carbocycles. The van der Waals surface area contributed by atoms with E-state index in [9.17, 15) is 9.59 Å². The summed E-state index contributed by atoms with van der Waals surface area (Å²) in [5.41, 5.74) is 2.78. The Morgan fingerprint density at radius 1 is 1.14 bits per heavy atom. The Labute approximate surface area is 280 Å². The summed E-state index contributed by atoms with van der Waals surface area (Å²) in [6.45, 7) is 7.85. The van der Waals surface area contributed by atoms with Gasteiger partial charge in [-0.15, -0.1) is 0 Å². The molecular weight excluding hydrogens is 732 g/mol. The van der Waals surface area contributed by atoms with Crippen molar-refractivity contribution in [1.82, 2.24) is 4.57 Å². The number of allylic oxidation sites excluding steroid dienone is 1. The van der Waals surface area contributed by atoms with Crippen molar-refractivity contribution in [2.45, 2.75) is 46.4 Å². The van der Waals surface area contributed by atoms with Gasteiger partial charge in [0.2, 0.25) is 0 Å². The van der Waals surface area contributed by atoms with E-state index in [0.29, 0.717) is 54.9 Å². The van der Waals surface area contributed by atoms with Crippen LogP contribution >= 0.6 is 54.8 Å². The summed E-state index contributed by atoms with van der Waals surface area (Å²) in [6, 6.07) is 17.8. The Kier molecular flexibility index (Phi) is 10.1. The molecule has 1 aliphatic rings. The highest BCUT2D eigenvalue weighted by atomic mass is 79.9. The minimum absolute atomic E-state index is 0.121. The molecule has 4 aromatic rings. The first-order valence-corrected chi connectivity index (χ1v) is 16.7. The van der Waals surface area contributed by atoms with E-state index in [1.165, 1.54) is 11.3 Å². The summed E-state index contributed by atoms with van der Waals surface area (Å²) < 4.78 is 21.3. The van der Waals surface area contributed by atoms with Gasteiger partial charge in [0, 0.05) is 20.6 Å². The van der Waals surface area contributed by atoms with Gasteiger partial charge in [-0.2, -0.15) is 0 Å². The smallest absolute Gasteiger partial charge is 0.338 e. The number of fused-ring (bicyclic) bond motifs is 1. The largest absolute Gasteiger partial charge is 0.491 e.